The molecule has 0 aromatic heterocycles. The van der Waals surface area contributed by atoms with Crippen LogP contribution < -0.4 is 0 Å². The Kier molecular flexibility index (Phi) is 4.10. The maximum Gasteiger partial charge on any atom is 0.322 e. The fraction of sp³-hybridized carbons (Fsp3) is 0.500. The molecule has 21 heavy (non-hydrogen) atoms. The SMILES string of the molecule is Cc1cc(C)c(S(=O)(=O)N2C[C@H](O)C[C@H]2C(=O)O)c(C)c1. The summed E-state index contributed by atoms with van der Waals surface area (Å²) in [5, 5.41) is 18.8. The number of aliphatic carboxylic acids is 1. The molecule has 1 aliphatic rings. The van der Waals surface area contributed by atoms with E-state index in [1.54, 1.807) is 26.0 Å². The third-order valence-electron chi connectivity index (χ3n) is 3.69. The van der Waals surface area contributed by atoms with Gasteiger partial charge in [-0.1, -0.05) is 17.7 Å². The molecule has 1 saturated heterocycles. The number of aliphatic hydroxyl groups excluding tert-OH is 1. The quantitative estimate of drug-likeness (QED) is 0.861. The first-order chi connectivity index (χ1) is 9.64. The smallest absolute Gasteiger partial charge is 0.322 e. The summed E-state index contributed by atoms with van der Waals surface area (Å²) >= 11 is 0. The Labute approximate surface area is 124 Å². The van der Waals surface area contributed by atoms with Crippen molar-refractivity contribution in [2.45, 2.75) is 44.2 Å². The van der Waals surface area contributed by atoms with Gasteiger partial charge in [0, 0.05) is 13.0 Å². The molecule has 0 radical (unpaired) electrons. The molecule has 6 nitrogen and oxygen atoms in total. The van der Waals surface area contributed by atoms with Gasteiger partial charge in [-0.25, -0.2) is 8.42 Å². The van der Waals surface area contributed by atoms with Crippen LogP contribution in [0.25, 0.3) is 0 Å². The lowest BCUT2D eigenvalue weighted by atomic mass is 10.1. The van der Waals surface area contributed by atoms with E-state index in [1.807, 2.05) is 6.92 Å². The van der Waals surface area contributed by atoms with E-state index in [0.717, 1.165) is 9.87 Å². The van der Waals surface area contributed by atoms with E-state index in [1.165, 1.54) is 0 Å². The van der Waals surface area contributed by atoms with Crippen LogP contribution in [0.2, 0.25) is 0 Å². The molecule has 2 N–H and O–H groups in total. The summed E-state index contributed by atoms with van der Waals surface area (Å²) in [6, 6.07) is 2.29. The van der Waals surface area contributed by atoms with E-state index in [2.05, 4.69) is 0 Å². The average Bonchev–Trinajstić information content (AvgIpc) is 2.70. The third kappa shape index (κ3) is 2.81. The Morgan fingerprint density at radius 1 is 1.24 bits per heavy atom. The van der Waals surface area contributed by atoms with Crippen molar-refractivity contribution in [3.05, 3.63) is 28.8 Å². The van der Waals surface area contributed by atoms with Crippen molar-refractivity contribution in [1.29, 1.82) is 0 Å². The Hall–Kier alpha value is -1.44. The van der Waals surface area contributed by atoms with Crippen LogP contribution in [0.1, 0.15) is 23.1 Å². The molecule has 1 fully saturated rings. The second kappa shape index (κ2) is 5.40. The molecule has 1 heterocycles. The van der Waals surface area contributed by atoms with Crippen LogP contribution in [0, 0.1) is 20.8 Å². The van der Waals surface area contributed by atoms with Crippen molar-refractivity contribution in [1.82, 2.24) is 4.31 Å². The summed E-state index contributed by atoms with van der Waals surface area (Å²) in [6.07, 6.45) is -1.04. The van der Waals surface area contributed by atoms with Gasteiger partial charge >= 0.3 is 5.97 Å². The molecular formula is C14H19NO5S. The number of carbonyl (C=O) groups is 1. The molecule has 0 unspecified atom stereocenters. The van der Waals surface area contributed by atoms with Crippen LogP contribution in [-0.4, -0.2) is 47.6 Å². The number of aryl methyl sites for hydroxylation is 3. The monoisotopic (exact) mass is 313 g/mol. The normalized spacial score (nSPS) is 23.4. The molecular weight excluding hydrogens is 294 g/mol. The number of sulfonamides is 1. The van der Waals surface area contributed by atoms with E-state index in [4.69, 9.17) is 0 Å². The zero-order valence-electron chi connectivity index (χ0n) is 12.2. The Morgan fingerprint density at radius 3 is 2.24 bits per heavy atom. The number of carboxylic acid groups (broad SMARTS) is 1. The number of hydrogen-bond donors (Lipinski definition) is 2. The van der Waals surface area contributed by atoms with Gasteiger partial charge in [-0.05, 0) is 31.9 Å². The van der Waals surface area contributed by atoms with Crippen LogP contribution in [0.4, 0.5) is 0 Å². The first-order valence-corrected chi connectivity index (χ1v) is 8.09. The molecule has 1 aliphatic heterocycles. The number of β-amino-alcohol motifs (C(OH)–C–C–N with tert-alkyl or cyclic N) is 1. The van der Waals surface area contributed by atoms with Crippen LogP contribution >= 0.6 is 0 Å². The number of carboxylic acids is 1. The fourth-order valence-corrected chi connectivity index (χ4v) is 5.01. The summed E-state index contributed by atoms with van der Waals surface area (Å²) in [7, 11) is -3.95. The highest BCUT2D eigenvalue weighted by atomic mass is 32.2. The Bertz CT molecular complexity index is 660. The first-order valence-electron chi connectivity index (χ1n) is 6.65. The third-order valence-corrected chi connectivity index (χ3v) is 5.87. The van der Waals surface area contributed by atoms with Crippen molar-refractivity contribution < 1.29 is 23.4 Å². The lowest BCUT2D eigenvalue weighted by Gasteiger charge is -2.23. The minimum atomic E-state index is -3.95. The molecule has 0 spiro atoms. The van der Waals surface area contributed by atoms with Crippen molar-refractivity contribution in [3.8, 4) is 0 Å². The van der Waals surface area contributed by atoms with Gasteiger partial charge in [-0.2, -0.15) is 4.31 Å². The maximum atomic E-state index is 12.8. The second-order valence-electron chi connectivity index (χ2n) is 5.55. The van der Waals surface area contributed by atoms with E-state index < -0.39 is 28.1 Å². The van der Waals surface area contributed by atoms with E-state index in [-0.39, 0.29) is 17.9 Å². The Morgan fingerprint density at radius 2 is 1.76 bits per heavy atom. The van der Waals surface area contributed by atoms with Gasteiger partial charge in [0.15, 0.2) is 0 Å². The minimum Gasteiger partial charge on any atom is -0.480 e. The topological polar surface area (TPSA) is 94.9 Å². The predicted octanol–water partition coefficient (Wildman–Crippen LogP) is 0.820. The van der Waals surface area contributed by atoms with Crippen LogP contribution in [0.3, 0.4) is 0 Å². The van der Waals surface area contributed by atoms with Gasteiger partial charge in [-0.3, -0.25) is 4.79 Å². The molecule has 2 rings (SSSR count). The van der Waals surface area contributed by atoms with Crippen LogP contribution in [0.5, 0.6) is 0 Å². The zero-order valence-corrected chi connectivity index (χ0v) is 13.0. The summed E-state index contributed by atoms with van der Waals surface area (Å²) < 4.78 is 26.5. The van der Waals surface area contributed by atoms with Crippen LogP contribution in [0.15, 0.2) is 17.0 Å². The summed E-state index contributed by atoms with van der Waals surface area (Å²) in [5.74, 6) is -1.24. The molecule has 2 atom stereocenters. The molecule has 0 amide bonds. The minimum absolute atomic E-state index is 0.0848. The highest BCUT2D eigenvalue weighted by Gasteiger charge is 2.44. The zero-order chi connectivity index (χ0) is 15.9. The average molecular weight is 313 g/mol. The van der Waals surface area contributed by atoms with Gasteiger partial charge in [0.1, 0.15) is 6.04 Å². The first kappa shape index (κ1) is 15.9. The van der Waals surface area contributed by atoms with Gasteiger partial charge in [0.25, 0.3) is 0 Å². The van der Waals surface area contributed by atoms with Gasteiger partial charge in [-0.15, -0.1) is 0 Å². The molecule has 0 saturated carbocycles. The predicted molar refractivity (Wildman–Crippen MR) is 76.6 cm³/mol. The summed E-state index contributed by atoms with van der Waals surface area (Å²) in [4.78, 5) is 11.4. The van der Waals surface area contributed by atoms with Gasteiger partial charge in [0.2, 0.25) is 10.0 Å². The summed E-state index contributed by atoms with van der Waals surface area (Å²) in [5.41, 5.74) is 2.11. The number of nitrogens with zero attached hydrogens (tertiary/aromatic N) is 1. The van der Waals surface area contributed by atoms with Crippen molar-refractivity contribution in [2.24, 2.45) is 0 Å². The number of hydrogen-bond acceptors (Lipinski definition) is 4. The Balaban J connectivity index is 2.55. The highest BCUT2D eigenvalue weighted by Crippen LogP contribution is 2.30. The van der Waals surface area contributed by atoms with E-state index in [0.29, 0.717) is 11.1 Å². The molecule has 0 bridgehead atoms. The highest BCUT2D eigenvalue weighted by molar-refractivity contribution is 7.89. The van der Waals surface area contributed by atoms with Crippen molar-refractivity contribution in [2.75, 3.05) is 6.54 Å². The molecule has 116 valence electrons. The van der Waals surface area contributed by atoms with Crippen molar-refractivity contribution in [3.63, 3.8) is 0 Å². The second-order valence-corrected chi connectivity index (χ2v) is 7.37. The van der Waals surface area contributed by atoms with Crippen molar-refractivity contribution >= 4 is 16.0 Å². The van der Waals surface area contributed by atoms with Crippen LogP contribution in [-0.2, 0) is 14.8 Å². The lowest BCUT2D eigenvalue weighted by molar-refractivity contribution is -0.140. The molecule has 1 aromatic rings. The standard InChI is InChI=1S/C14H19NO5S/c1-8-4-9(2)13(10(3)5-8)21(19,20)15-7-11(16)6-12(15)14(17)18/h4-5,11-12,16H,6-7H2,1-3H3,(H,17,18)/t11-,12+/m1/s1. The van der Waals surface area contributed by atoms with Gasteiger partial charge < -0.3 is 10.2 Å². The summed E-state index contributed by atoms with van der Waals surface area (Å²) in [6.45, 7) is 5.06. The van der Waals surface area contributed by atoms with Gasteiger partial charge in [0.05, 0.1) is 11.0 Å². The number of aliphatic hydroxyl groups is 1. The molecule has 7 heteroatoms. The number of benzene rings is 1. The fourth-order valence-electron chi connectivity index (χ4n) is 2.97. The molecule has 1 aromatic carbocycles. The maximum absolute atomic E-state index is 12.8. The lowest BCUT2D eigenvalue weighted by Crippen LogP contribution is -2.41. The van der Waals surface area contributed by atoms with E-state index in [9.17, 15) is 23.4 Å². The number of rotatable bonds is 3. The largest absolute Gasteiger partial charge is 0.480 e. The molecule has 0 aliphatic carbocycles. The van der Waals surface area contributed by atoms with E-state index >= 15 is 0 Å².